The lowest BCUT2D eigenvalue weighted by molar-refractivity contribution is 0.158. The van der Waals surface area contributed by atoms with Gasteiger partial charge in [-0.15, -0.1) is 0 Å². The van der Waals surface area contributed by atoms with Crippen LogP contribution in [0.25, 0.3) is 0 Å². The van der Waals surface area contributed by atoms with E-state index in [1.807, 2.05) is 0 Å². The summed E-state index contributed by atoms with van der Waals surface area (Å²) in [6, 6.07) is 0. The molecule has 1 heteroatoms. The van der Waals surface area contributed by atoms with Crippen molar-refractivity contribution in [1.82, 2.24) is 0 Å². The van der Waals surface area contributed by atoms with Gasteiger partial charge in [0, 0.05) is 0 Å². The molecule has 0 aliphatic heterocycles. The van der Waals surface area contributed by atoms with Crippen molar-refractivity contribution < 1.29 is 5.11 Å². The first kappa shape index (κ1) is 14.1. The Kier molecular flexibility index (Phi) is 3.90. The van der Waals surface area contributed by atoms with Crippen LogP contribution in [0.3, 0.4) is 0 Å². The van der Waals surface area contributed by atoms with Gasteiger partial charge in [-0.2, -0.15) is 0 Å². The smallest absolute Gasteiger partial charge is 0.0583 e. The second kappa shape index (κ2) is 5.52. The predicted molar refractivity (Wildman–Crippen MR) is 84.5 cm³/mol. The van der Waals surface area contributed by atoms with Gasteiger partial charge in [0.15, 0.2) is 0 Å². The molecule has 3 aliphatic rings. The molecule has 3 fully saturated rings. The Labute approximate surface area is 123 Å². The largest absolute Gasteiger partial charge is 0.393 e. The molecule has 1 nitrogen and oxygen atoms in total. The highest BCUT2D eigenvalue weighted by atomic mass is 16.3. The molecule has 3 rings (SSSR count). The molecule has 3 aliphatic carbocycles. The highest BCUT2D eigenvalue weighted by Gasteiger charge is 2.42. The zero-order chi connectivity index (χ0) is 14.2. The molecular formula is C19H28O. The minimum absolute atomic E-state index is 0.159. The van der Waals surface area contributed by atoms with Crippen LogP contribution in [-0.2, 0) is 0 Å². The molecule has 110 valence electrons. The Morgan fingerprint density at radius 1 is 1.15 bits per heavy atom. The third-order valence-electron chi connectivity index (χ3n) is 5.93. The van der Waals surface area contributed by atoms with E-state index in [0.29, 0.717) is 5.41 Å². The summed E-state index contributed by atoms with van der Waals surface area (Å²) >= 11 is 0. The standard InChI is InChI=1S/C19H28O/c1-14-7-10-17(20)13-16(14)9-8-15-5-3-11-19(2)12-4-6-18(15)19/h8-9,17-18,20H,1,3-7,10-13H2,2H3/b15-8+,16-9-/t17-,18-,19+/m0/s1. The minimum Gasteiger partial charge on any atom is -0.393 e. The van der Waals surface area contributed by atoms with E-state index in [-0.39, 0.29) is 6.10 Å². The van der Waals surface area contributed by atoms with Crippen molar-refractivity contribution in [2.75, 3.05) is 0 Å². The Morgan fingerprint density at radius 2 is 1.95 bits per heavy atom. The van der Waals surface area contributed by atoms with Gasteiger partial charge in [0.2, 0.25) is 0 Å². The van der Waals surface area contributed by atoms with Gasteiger partial charge in [0.1, 0.15) is 0 Å². The molecule has 3 saturated carbocycles. The molecule has 0 bridgehead atoms. The fourth-order valence-corrected chi connectivity index (χ4v) is 4.63. The summed E-state index contributed by atoms with van der Waals surface area (Å²) in [5.74, 6) is 0.815. The van der Waals surface area contributed by atoms with Crippen LogP contribution in [0.15, 0.2) is 35.5 Å². The lowest BCUT2D eigenvalue weighted by Crippen LogP contribution is -2.27. The van der Waals surface area contributed by atoms with Gasteiger partial charge >= 0.3 is 0 Å². The average Bonchev–Trinajstić information content (AvgIpc) is 2.82. The van der Waals surface area contributed by atoms with Crippen LogP contribution in [0, 0.1) is 11.3 Å². The summed E-state index contributed by atoms with van der Waals surface area (Å²) in [6.07, 6.45) is 15.4. The average molecular weight is 272 g/mol. The van der Waals surface area contributed by atoms with Crippen LogP contribution >= 0.6 is 0 Å². The van der Waals surface area contributed by atoms with E-state index >= 15 is 0 Å². The van der Waals surface area contributed by atoms with E-state index in [1.165, 1.54) is 49.7 Å². The second-order valence-corrected chi connectivity index (χ2v) is 7.39. The first-order chi connectivity index (χ1) is 9.58. The summed E-state index contributed by atoms with van der Waals surface area (Å²) in [7, 11) is 0. The molecule has 0 spiro atoms. The van der Waals surface area contributed by atoms with E-state index in [2.05, 4.69) is 25.7 Å². The van der Waals surface area contributed by atoms with E-state index in [0.717, 1.165) is 25.2 Å². The molecule has 0 heterocycles. The van der Waals surface area contributed by atoms with Crippen LogP contribution in [0.2, 0.25) is 0 Å². The van der Waals surface area contributed by atoms with Crippen molar-refractivity contribution in [3.63, 3.8) is 0 Å². The molecule has 0 radical (unpaired) electrons. The molecule has 0 aromatic carbocycles. The van der Waals surface area contributed by atoms with E-state index < -0.39 is 0 Å². The molecule has 0 saturated heterocycles. The Morgan fingerprint density at radius 3 is 2.80 bits per heavy atom. The molecule has 0 aromatic heterocycles. The lowest BCUT2D eigenvalue weighted by Gasteiger charge is -2.38. The molecule has 0 amide bonds. The van der Waals surface area contributed by atoms with Gasteiger partial charge in [0.05, 0.1) is 6.10 Å². The first-order valence-corrected chi connectivity index (χ1v) is 8.34. The van der Waals surface area contributed by atoms with Gasteiger partial charge < -0.3 is 5.11 Å². The van der Waals surface area contributed by atoms with Crippen molar-refractivity contribution in [2.45, 2.75) is 70.8 Å². The van der Waals surface area contributed by atoms with Crippen LogP contribution in [0.5, 0.6) is 0 Å². The quantitative estimate of drug-likeness (QED) is 0.717. The number of fused-ring (bicyclic) bond motifs is 1. The predicted octanol–water partition coefficient (Wildman–Crippen LogP) is 4.93. The number of allylic oxidation sites excluding steroid dienone is 4. The highest BCUT2D eigenvalue weighted by molar-refractivity contribution is 5.36. The minimum atomic E-state index is -0.159. The van der Waals surface area contributed by atoms with Crippen molar-refractivity contribution in [3.05, 3.63) is 35.5 Å². The van der Waals surface area contributed by atoms with Crippen LogP contribution in [0.1, 0.15) is 64.7 Å². The van der Waals surface area contributed by atoms with Gasteiger partial charge in [-0.05, 0) is 68.3 Å². The SMILES string of the molecule is C=C1CC[C@H](O)C/C1=C/C=C1\CCC[C@]2(C)CCC[C@@H]12. The van der Waals surface area contributed by atoms with Crippen molar-refractivity contribution in [2.24, 2.45) is 11.3 Å². The van der Waals surface area contributed by atoms with Crippen LogP contribution < -0.4 is 0 Å². The molecule has 0 aromatic rings. The second-order valence-electron chi connectivity index (χ2n) is 7.39. The monoisotopic (exact) mass is 272 g/mol. The van der Waals surface area contributed by atoms with Gasteiger partial charge in [0.25, 0.3) is 0 Å². The lowest BCUT2D eigenvalue weighted by atomic mass is 9.67. The summed E-state index contributed by atoms with van der Waals surface area (Å²) in [4.78, 5) is 0. The molecule has 3 atom stereocenters. The molecule has 20 heavy (non-hydrogen) atoms. The zero-order valence-corrected chi connectivity index (χ0v) is 12.8. The first-order valence-electron chi connectivity index (χ1n) is 8.34. The highest BCUT2D eigenvalue weighted by Crippen LogP contribution is 2.54. The third kappa shape index (κ3) is 2.65. The number of hydrogen-bond donors (Lipinski definition) is 1. The fourth-order valence-electron chi connectivity index (χ4n) is 4.63. The van der Waals surface area contributed by atoms with Crippen molar-refractivity contribution in [3.8, 4) is 0 Å². The van der Waals surface area contributed by atoms with Crippen molar-refractivity contribution >= 4 is 0 Å². The van der Waals surface area contributed by atoms with Gasteiger partial charge in [-0.3, -0.25) is 0 Å². The number of hydrogen-bond acceptors (Lipinski definition) is 1. The third-order valence-corrected chi connectivity index (χ3v) is 5.93. The summed E-state index contributed by atoms with van der Waals surface area (Å²) < 4.78 is 0. The van der Waals surface area contributed by atoms with Crippen LogP contribution in [-0.4, -0.2) is 11.2 Å². The van der Waals surface area contributed by atoms with Gasteiger partial charge in [-0.1, -0.05) is 43.2 Å². The Balaban J connectivity index is 1.79. The summed E-state index contributed by atoms with van der Waals surface area (Å²) in [5.41, 5.74) is 4.75. The summed E-state index contributed by atoms with van der Waals surface area (Å²) in [6.45, 7) is 6.66. The normalized spacial score (nSPS) is 42.2. The maximum Gasteiger partial charge on any atom is 0.0583 e. The Hall–Kier alpha value is -0.820. The molecule has 0 unspecified atom stereocenters. The number of aliphatic hydroxyl groups excluding tert-OH is 1. The summed E-state index contributed by atoms with van der Waals surface area (Å²) in [5, 5.41) is 9.82. The topological polar surface area (TPSA) is 20.2 Å². The number of rotatable bonds is 1. The van der Waals surface area contributed by atoms with E-state index in [1.54, 1.807) is 5.57 Å². The number of aliphatic hydroxyl groups is 1. The molecule has 1 N–H and O–H groups in total. The maximum absolute atomic E-state index is 9.82. The molecular weight excluding hydrogens is 244 g/mol. The van der Waals surface area contributed by atoms with Crippen LogP contribution in [0.4, 0.5) is 0 Å². The maximum atomic E-state index is 9.82. The van der Waals surface area contributed by atoms with E-state index in [9.17, 15) is 5.11 Å². The fraction of sp³-hybridized carbons (Fsp3) is 0.684. The zero-order valence-electron chi connectivity index (χ0n) is 12.8. The van der Waals surface area contributed by atoms with Gasteiger partial charge in [-0.25, -0.2) is 0 Å². The Bertz CT molecular complexity index is 456. The van der Waals surface area contributed by atoms with E-state index in [4.69, 9.17) is 0 Å². The van der Waals surface area contributed by atoms with Crippen molar-refractivity contribution in [1.29, 1.82) is 0 Å².